The van der Waals surface area contributed by atoms with Crippen molar-refractivity contribution in [2.24, 2.45) is 7.05 Å². The largest absolute Gasteiger partial charge is 0.494 e. The van der Waals surface area contributed by atoms with Crippen molar-refractivity contribution >= 4 is 34.7 Å². The number of nitrogens with two attached hydrogens (primary N) is 1. The van der Waals surface area contributed by atoms with Gasteiger partial charge in [-0.15, -0.1) is 0 Å². The fourth-order valence-electron chi connectivity index (χ4n) is 3.58. The molecule has 11 nitrogen and oxygen atoms in total. The predicted molar refractivity (Wildman–Crippen MR) is 136 cm³/mol. The number of amides is 1. The second kappa shape index (κ2) is 11.2. The van der Waals surface area contributed by atoms with Gasteiger partial charge in [0, 0.05) is 30.0 Å². The SMILES string of the molecule is [2H]C([2H])([2H])NC(=O)c1cnc(Cl)nc1Nc1cc(COCc2cc(N)cc(F)c2)cc(-c2ncn(C)n2)c1OC. The molecule has 4 rings (SSSR count). The molecular weight excluding hydrogens is 503 g/mol. The molecule has 2 aromatic carbocycles. The van der Waals surface area contributed by atoms with E-state index in [1.165, 1.54) is 30.3 Å². The second-order valence-electron chi connectivity index (χ2n) is 7.83. The number of nitrogens with zero attached hydrogens (tertiary/aromatic N) is 5. The van der Waals surface area contributed by atoms with Crippen molar-refractivity contribution in [3.8, 4) is 17.1 Å². The maximum absolute atomic E-state index is 13.7. The topological polar surface area (TPSA) is 142 Å². The van der Waals surface area contributed by atoms with Crippen LogP contribution >= 0.6 is 11.6 Å². The van der Waals surface area contributed by atoms with E-state index in [0.29, 0.717) is 34.0 Å². The first-order valence-electron chi connectivity index (χ1n) is 12.2. The first-order valence-corrected chi connectivity index (χ1v) is 11.1. The predicted octanol–water partition coefficient (Wildman–Crippen LogP) is 3.48. The molecule has 0 unspecified atom stereocenters. The highest BCUT2D eigenvalue weighted by Gasteiger charge is 2.20. The number of hydrogen-bond acceptors (Lipinski definition) is 9. The summed E-state index contributed by atoms with van der Waals surface area (Å²) in [5.41, 5.74) is 7.80. The molecule has 2 aromatic heterocycles. The normalized spacial score (nSPS) is 12.4. The lowest BCUT2D eigenvalue weighted by molar-refractivity contribution is 0.0963. The maximum atomic E-state index is 13.7. The van der Waals surface area contributed by atoms with E-state index in [1.54, 1.807) is 25.2 Å². The molecule has 0 spiro atoms. The standard InChI is InChI=1S/C24H24ClFN8O3/c1-28-23(35)18-9-29-24(25)32-22(18)31-19-7-14(11-37-10-13-4-15(26)8-16(27)5-13)6-17(20(19)36-3)21-30-12-34(2)33-21/h4-9,12H,10-11,27H2,1-3H3,(H,28,35)(H,29,31,32)/i1D3. The Morgan fingerprint density at radius 2 is 2.00 bits per heavy atom. The number of halogens is 2. The minimum Gasteiger partial charge on any atom is -0.494 e. The number of nitrogen functional groups attached to an aromatic ring is 1. The molecule has 13 heteroatoms. The van der Waals surface area contributed by atoms with Crippen LogP contribution in [0.5, 0.6) is 5.75 Å². The fourth-order valence-corrected chi connectivity index (χ4v) is 3.71. The van der Waals surface area contributed by atoms with Gasteiger partial charge in [-0.05, 0) is 53.1 Å². The Bertz CT molecular complexity index is 1530. The van der Waals surface area contributed by atoms with Crippen LogP contribution in [0.3, 0.4) is 0 Å². The van der Waals surface area contributed by atoms with E-state index >= 15 is 0 Å². The van der Waals surface area contributed by atoms with Gasteiger partial charge < -0.3 is 25.8 Å². The van der Waals surface area contributed by atoms with Crippen molar-refractivity contribution in [3.63, 3.8) is 0 Å². The van der Waals surface area contributed by atoms with Crippen LogP contribution in [0.25, 0.3) is 11.4 Å². The van der Waals surface area contributed by atoms with Gasteiger partial charge in [-0.3, -0.25) is 9.48 Å². The Morgan fingerprint density at radius 3 is 2.68 bits per heavy atom. The van der Waals surface area contributed by atoms with Crippen LogP contribution < -0.4 is 21.1 Å². The number of rotatable bonds is 9. The molecule has 0 saturated heterocycles. The second-order valence-corrected chi connectivity index (χ2v) is 8.17. The third-order valence-corrected chi connectivity index (χ3v) is 5.26. The van der Waals surface area contributed by atoms with Gasteiger partial charge in [-0.25, -0.2) is 14.4 Å². The van der Waals surface area contributed by atoms with Gasteiger partial charge in [0.1, 0.15) is 23.5 Å². The number of hydrogen-bond donors (Lipinski definition) is 3. The van der Waals surface area contributed by atoms with Gasteiger partial charge in [-0.1, -0.05) is 0 Å². The van der Waals surface area contributed by atoms with E-state index in [9.17, 15) is 9.18 Å². The lowest BCUT2D eigenvalue weighted by Gasteiger charge is -2.17. The van der Waals surface area contributed by atoms with Crippen LogP contribution in [0, 0.1) is 5.82 Å². The van der Waals surface area contributed by atoms with Gasteiger partial charge in [0.05, 0.1) is 31.6 Å². The third-order valence-electron chi connectivity index (χ3n) is 5.08. The van der Waals surface area contributed by atoms with Gasteiger partial charge in [0.25, 0.3) is 5.91 Å². The lowest BCUT2D eigenvalue weighted by Crippen LogP contribution is -2.20. The Labute approximate surface area is 221 Å². The van der Waals surface area contributed by atoms with Gasteiger partial charge >= 0.3 is 0 Å². The molecule has 1 amide bonds. The summed E-state index contributed by atoms with van der Waals surface area (Å²) < 4.78 is 48.8. The third kappa shape index (κ3) is 6.11. The van der Waals surface area contributed by atoms with Crippen LogP contribution in [0.2, 0.25) is 5.28 Å². The molecule has 0 saturated carbocycles. The zero-order chi connectivity index (χ0) is 29.0. The van der Waals surface area contributed by atoms with Crippen molar-refractivity contribution < 1.29 is 22.8 Å². The van der Waals surface area contributed by atoms with E-state index in [1.807, 2.05) is 5.32 Å². The Kier molecular flexibility index (Phi) is 6.63. The molecule has 4 aromatic rings. The van der Waals surface area contributed by atoms with E-state index < -0.39 is 18.7 Å². The summed E-state index contributed by atoms with van der Waals surface area (Å²) in [5.74, 6) is -0.861. The average Bonchev–Trinajstić information content (AvgIpc) is 3.28. The summed E-state index contributed by atoms with van der Waals surface area (Å²) in [6.07, 6.45) is 2.62. The molecule has 37 heavy (non-hydrogen) atoms. The molecule has 0 radical (unpaired) electrons. The van der Waals surface area contributed by atoms with E-state index in [0.717, 1.165) is 6.20 Å². The van der Waals surface area contributed by atoms with Crippen LogP contribution in [0.1, 0.15) is 25.6 Å². The highest BCUT2D eigenvalue weighted by atomic mass is 35.5. The lowest BCUT2D eigenvalue weighted by atomic mass is 10.1. The van der Waals surface area contributed by atoms with Crippen molar-refractivity contribution in [3.05, 3.63) is 70.6 Å². The number of anilines is 3. The smallest absolute Gasteiger partial charge is 0.256 e. The first kappa shape index (κ1) is 21.9. The zero-order valence-electron chi connectivity index (χ0n) is 22.7. The molecule has 0 aliphatic rings. The highest BCUT2D eigenvalue weighted by molar-refractivity contribution is 6.28. The van der Waals surface area contributed by atoms with Gasteiger partial charge in [0.15, 0.2) is 11.6 Å². The summed E-state index contributed by atoms with van der Waals surface area (Å²) in [6, 6.07) is 7.58. The summed E-state index contributed by atoms with van der Waals surface area (Å²) in [5, 5.41) is 9.06. The molecule has 192 valence electrons. The van der Waals surface area contributed by atoms with Crippen molar-refractivity contribution in [1.29, 1.82) is 0 Å². The molecule has 0 atom stereocenters. The summed E-state index contributed by atoms with van der Waals surface area (Å²) in [7, 11) is 3.14. The number of ether oxygens (including phenoxy) is 2. The minimum absolute atomic E-state index is 0.0752. The average molecular weight is 530 g/mol. The highest BCUT2D eigenvalue weighted by Crippen LogP contribution is 2.38. The summed E-state index contributed by atoms with van der Waals surface area (Å²) in [4.78, 5) is 24.9. The van der Waals surface area contributed by atoms with E-state index in [-0.39, 0.29) is 35.6 Å². The van der Waals surface area contributed by atoms with E-state index in [4.69, 9.17) is 30.9 Å². The number of carbonyl (C=O) groups excluding carboxylic acids is 1. The number of benzene rings is 2. The monoisotopic (exact) mass is 529 g/mol. The van der Waals surface area contributed by atoms with Crippen LogP contribution in [0.15, 0.2) is 42.9 Å². The maximum Gasteiger partial charge on any atom is 0.256 e. The zero-order valence-corrected chi connectivity index (χ0v) is 20.5. The number of carbonyl (C=O) groups is 1. The van der Waals surface area contributed by atoms with Gasteiger partial charge in [-0.2, -0.15) is 10.1 Å². The molecule has 4 N–H and O–H groups in total. The number of nitrogens with one attached hydrogen (secondary N) is 2. The van der Waals surface area contributed by atoms with Crippen LogP contribution in [0.4, 0.5) is 21.6 Å². The number of aryl methyl sites for hydroxylation is 1. The van der Waals surface area contributed by atoms with Crippen molar-refractivity contribution in [1.82, 2.24) is 30.0 Å². The van der Waals surface area contributed by atoms with E-state index in [2.05, 4.69) is 25.4 Å². The Balaban J connectivity index is 1.72. The first-order chi connectivity index (χ1) is 18.9. The number of methoxy groups -OCH3 is 1. The van der Waals surface area contributed by atoms with Crippen molar-refractivity contribution in [2.75, 3.05) is 25.1 Å². The van der Waals surface area contributed by atoms with Crippen LogP contribution in [-0.2, 0) is 25.0 Å². The molecular formula is C24H24ClFN8O3. The molecule has 0 bridgehead atoms. The Hall–Kier alpha value is -4.29. The molecule has 0 aliphatic carbocycles. The summed E-state index contributed by atoms with van der Waals surface area (Å²) in [6.45, 7) is -2.59. The number of aromatic nitrogens is 5. The van der Waals surface area contributed by atoms with Crippen LogP contribution in [-0.4, -0.2) is 44.7 Å². The molecule has 2 heterocycles. The molecule has 0 fully saturated rings. The van der Waals surface area contributed by atoms with Gasteiger partial charge in [0.2, 0.25) is 5.28 Å². The molecule has 0 aliphatic heterocycles. The van der Waals surface area contributed by atoms with Crippen molar-refractivity contribution in [2.45, 2.75) is 13.2 Å². The fraction of sp³-hybridized carbons (Fsp3) is 0.208. The quantitative estimate of drug-likeness (QED) is 0.219. The summed E-state index contributed by atoms with van der Waals surface area (Å²) >= 11 is 5.99. The minimum atomic E-state index is -2.74. The Morgan fingerprint density at radius 1 is 1.22 bits per heavy atom.